The molecule has 0 saturated carbocycles. The molecule has 0 aliphatic heterocycles. The van der Waals surface area contributed by atoms with Gasteiger partial charge in [-0.15, -0.1) is 0 Å². The topological polar surface area (TPSA) is 38.9 Å². The van der Waals surface area contributed by atoms with Gasteiger partial charge in [-0.05, 0) is 62.4 Å². The number of oxazole rings is 1. The van der Waals surface area contributed by atoms with E-state index in [1.807, 2.05) is 31.2 Å². The van der Waals surface area contributed by atoms with Crippen LogP contribution in [0, 0.1) is 20.8 Å². The minimum Gasteiger partial charge on any atom is -0.431 e. The molecule has 2 heterocycles. The number of hydrogen-bond acceptors (Lipinski definition) is 4. The number of hydrogen-bond donors (Lipinski definition) is 0. The van der Waals surface area contributed by atoms with Gasteiger partial charge in [-0.1, -0.05) is 23.8 Å². The van der Waals surface area contributed by atoms with E-state index in [0.29, 0.717) is 5.22 Å². The molecule has 0 aliphatic rings. The fourth-order valence-corrected chi connectivity index (χ4v) is 3.80. The van der Waals surface area contributed by atoms with Gasteiger partial charge in [0.25, 0.3) is 5.22 Å². The van der Waals surface area contributed by atoms with Crippen LogP contribution in [0.25, 0.3) is 22.0 Å². The largest absolute Gasteiger partial charge is 0.431 e. The molecule has 0 unspecified atom stereocenters. The van der Waals surface area contributed by atoms with Crippen LogP contribution in [0.5, 0.6) is 0 Å². The predicted molar refractivity (Wildman–Crippen MR) is 94.1 cm³/mol. The zero-order chi connectivity index (χ0) is 16.0. The molecular formula is C19H16N2OS. The van der Waals surface area contributed by atoms with Gasteiger partial charge in [0, 0.05) is 16.0 Å². The molecule has 0 amide bonds. The molecular weight excluding hydrogens is 304 g/mol. The Labute approximate surface area is 138 Å². The molecule has 0 saturated heterocycles. The first-order chi connectivity index (χ1) is 11.1. The van der Waals surface area contributed by atoms with Crippen molar-refractivity contribution in [2.75, 3.05) is 0 Å². The van der Waals surface area contributed by atoms with E-state index in [0.717, 1.165) is 32.6 Å². The van der Waals surface area contributed by atoms with Crippen molar-refractivity contribution >= 4 is 33.8 Å². The van der Waals surface area contributed by atoms with E-state index in [1.165, 1.54) is 11.1 Å². The molecule has 0 radical (unpaired) electrons. The Morgan fingerprint density at radius 2 is 1.78 bits per heavy atom. The summed E-state index contributed by atoms with van der Waals surface area (Å²) in [5.41, 5.74) is 6.19. The van der Waals surface area contributed by atoms with E-state index in [1.54, 1.807) is 11.8 Å². The third-order valence-corrected chi connectivity index (χ3v) is 4.72. The Hall–Kier alpha value is -2.33. The summed E-state index contributed by atoms with van der Waals surface area (Å²) in [6.45, 7) is 6.24. The van der Waals surface area contributed by atoms with Crippen molar-refractivity contribution < 1.29 is 4.42 Å². The lowest BCUT2D eigenvalue weighted by atomic mass is 10.1. The summed E-state index contributed by atoms with van der Waals surface area (Å²) in [6, 6.07) is 14.3. The molecule has 114 valence electrons. The van der Waals surface area contributed by atoms with Gasteiger partial charge < -0.3 is 4.42 Å². The second-order valence-corrected chi connectivity index (χ2v) is 6.78. The third kappa shape index (κ3) is 2.59. The van der Waals surface area contributed by atoms with E-state index in [2.05, 4.69) is 37.0 Å². The van der Waals surface area contributed by atoms with Crippen molar-refractivity contribution in [3.05, 3.63) is 59.3 Å². The van der Waals surface area contributed by atoms with Gasteiger partial charge >= 0.3 is 0 Å². The summed E-state index contributed by atoms with van der Waals surface area (Å²) in [5.74, 6) is 0. The Morgan fingerprint density at radius 3 is 2.61 bits per heavy atom. The first kappa shape index (κ1) is 14.3. The number of nitrogens with zero attached hydrogens (tertiary/aromatic N) is 2. The van der Waals surface area contributed by atoms with Gasteiger partial charge in [0.05, 0.1) is 5.52 Å². The number of pyridine rings is 1. The maximum absolute atomic E-state index is 5.85. The summed E-state index contributed by atoms with van der Waals surface area (Å²) in [5, 5.41) is 1.82. The number of fused-ring (bicyclic) bond motifs is 2. The highest BCUT2D eigenvalue weighted by molar-refractivity contribution is 7.99. The van der Waals surface area contributed by atoms with Crippen LogP contribution in [0.2, 0.25) is 0 Å². The molecule has 2 aromatic carbocycles. The van der Waals surface area contributed by atoms with Crippen LogP contribution in [0.4, 0.5) is 0 Å². The molecule has 4 rings (SSSR count). The second kappa shape index (κ2) is 5.39. The lowest BCUT2D eigenvalue weighted by molar-refractivity contribution is 0.489. The van der Waals surface area contributed by atoms with E-state index in [9.17, 15) is 0 Å². The van der Waals surface area contributed by atoms with Crippen LogP contribution in [0.1, 0.15) is 16.8 Å². The maximum atomic E-state index is 5.85. The van der Waals surface area contributed by atoms with Crippen molar-refractivity contribution in [2.24, 2.45) is 0 Å². The maximum Gasteiger partial charge on any atom is 0.261 e. The van der Waals surface area contributed by atoms with Crippen molar-refractivity contribution in [2.45, 2.75) is 30.9 Å². The molecule has 0 aliphatic carbocycles. The number of aromatic nitrogens is 2. The van der Waals surface area contributed by atoms with E-state index in [4.69, 9.17) is 9.40 Å². The Morgan fingerprint density at radius 1 is 0.957 bits per heavy atom. The number of para-hydroxylation sites is 2. The third-order valence-electron chi connectivity index (χ3n) is 3.81. The van der Waals surface area contributed by atoms with Gasteiger partial charge in [-0.3, -0.25) is 4.98 Å². The molecule has 0 atom stereocenters. The molecule has 23 heavy (non-hydrogen) atoms. The minimum atomic E-state index is 0.664. The average Bonchev–Trinajstić information content (AvgIpc) is 2.90. The van der Waals surface area contributed by atoms with Gasteiger partial charge in [-0.25, -0.2) is 4.98 Å². The van der Waals surface area contributed by atoms with Crippen LogP contribution in [-0.2, 0) is 0 Å². The first-order valence-electron chi connectivity index (χ1n) is 7.52. The van der Waals surface area contributed by atoms with Crippen LogP contribution in [0.15, 0.2) is 57.0 Å². The van der Waals surface area contributed by atoms with Crippen LogP contribution in [0.3, 0.4) is 0 Å². The quantitative estimate of drug-likeness (QED) is 0.492. The summed E-state index contributed by atoms with van der Waals surface area (Å²) >= 11 is 1.56. The lowest BCUT2D eigenvalue weighted by Crippen LogP contribution is -1.91. The predicted octanol–water partition coefficient (Wildman–Crippen LogP) is 5.45. The standard InChI is InChI=1S/C19H16N2OS/c1-11-8-12(2)18-14(9-11)17(10-13(3)20-18)23-19-21-15-6-4-5-7-16(15)22-19/h4-10H,1-3H3. The van der Waals surface area contributed by atoms with E-state index < -0.39 is 0 Å². The van der Waals surface area contributed by atoms with Crippen molar-refractivity contribution in [3.63, 3.8) is 0 Å². The Kier molecular flexibility index (Phi) is 3.34. The van der Waals surface area contributed by atoms with Gasteiger partial charge in [0.15, 0.2) is 5.58 Å². The van der Waals surface area contributed by atoms with Gasteiger partial charge in [0.1, 0.15) is 5.52 Å². The van der Waals surface area contributed by atoms with Crippen molar-refractivity contribution in [3.8, 4) is 0 Å². The monoisotopic (exact) mass is 320 g/mol. The Bertz CT molecular complexity index is 1000. The first-order valence-corrected chi connectivity index (χ1v) is 8.34. The van der Waals surface area contributed by atoms with Gasteiger partial charge in [-0.2, -0.15) is 0 Å². The minimum absolute atomic E-state index is 0.664. The summed E-state index contributed by atoms with van der Waals surface area (Å²) in [4.78, 5) is 10.4. The van der Waals surface area contributed by atoms with Crippen LogP contribution in [-0.4, -0.2) is 9.97 Å². The molecule has 0 N–H and O–H groups in total. The molecule has 2 aromatic heterocycles. The number of aryl methyl sites for hydroxylation is 3. The fourth-order valence-electron chi connectivity index (χ4n) is 2.85. The SMILES string of the molecule is Cc1cc(C)c2nc(C)cc(Sc3nc4ccccc4o3)c2c1. The highest BCUT2D eigenvalue weighted by Gasteiger charge is 2.12. The summed E-state index contributed by atoms with van der Waals surface area (Å²) in [6.07, 6.45) is 0. The zero-order valence-electron chi connectivity index (χ0n) is 13.3. The fraction of sp³-hybridized carbons (Fsp3) is 0.158. The summed E-state index contributed by atoms with van der Waals surface area (Å²) in [7, 11) is 0. The molecule has 0 bridgehead atoms. The van der Waals surface area contributed by atoms with Crippen molar-refractivity contribution in [1.29, 1.82) is 0 Å². The molecule has 3 nitrogen and oxygen atoms in total. The molecule has 0 fully saturated rings. The highest BCUT2D eigenvalue weighted by atomic mass is 32.2. The zero-order valence-corrected chi connectivity index (χ0v) is 14.1. The molecule has 4 aromatic rings. The van der Waals surface area contributed by atoms with E-state index in [-0.39, 0.29) is 0 Å². The Balaban J connectivity index is 1.87. The smallest absolute Gasteiger partial charge is 0.261 e. The summed E-state index contributed by atoms with van der Waals surface area (Å²) < 4.78 is 5.85. The van der Waals surface area contributed by atoms with E-state index >= 15 is 0 Å². The molecule has 4 heteroatoms. The van der Waals surface area contributed by atoms with Crippen LogP contribution < -0.4 is 0 Å². The average molecular weight is 320 g/mol. The second-order valence-electron chi connectivity index (χ2n) is 5.79. The number of rotatable bonds is 2. The van der Waals surface area contributed by atoms with Gasteiger partial charge in [0.2, 0.25) is 0 Å². The van der Waals surface area contributed by atoms with Crippen LogP contribution >= 0.6 is 11.8 Å². The number of benzene rings is 2. The lowest BCUT2D eigenvalue weighted by Gasteiger charge is -2.09. The highest BCUT2D eigenvalue weighted by Crippen LogP contribution is 2.35. The van der Waals surface area contributed by atoms with Crippen molar-refractivity contribution in [1.82, 2.24) is 9.97 Å². The molecule has 0 spiro atoms. The normalized spacial score (nSPS) is 11.4.